The number of hydrogen-bond donors (Lipinski definition) is 1. The van der Waals surface area contributed by atoms with Crippen LogP contribution < -0.4 is 5.32 Å². The fraction of sp³-hybridized carbons (Fsp3) is 0.318. The molecule has 1 unspecified atom stereocenters. The van der Waals surface area contributed by atoms with Gasteiger partial charge in [-0.1, -0.05) is 12.1 Å². The summed E-state index contributed by atoms with van der Waals surface area (Å²) in [6.45, 7) is 1.17. The number of benzene rings is 2. The Kier molecular flexibility index (Phi) is 5.05. The van der Waals surface area contributed by atoms with Crippen LogP contribution in [-0.4, -0.2) is 46.4 Å². The molecule has 0 bridgehead atoms. The molecule has 1 atom stereocenters. The number of carbonyl (C=O) groups is 2. The molecule has 1 aromatic heterocycles. The molecule has 6 nitrogen and oxygen atoms in total. The molecule has 0 aliphatic carbocycles. The average molecular weight is 394 g/mol. The minimum Gasteiger partial charge on any atom is -0.352 e. The van der Waals surface area contributed by atoms with Crippen LogP contribution in [0.25, 0.3) is 22.2 Å². The Morgan fingerprint density at radius 2 is 1.97 bits per heavy atom. The number of nitrogens with zero attached hydrogens (tertiary/aromatic N) is 3. The fourth-order valence-electron chi connectivity index (χ4n) is 3.79. The number of piperidine rings is 1. The van der Waals surface area contributed by atoms with E-state index in [0.717, 1.165) is 23.1 Å². The number of imidazole rings is 1. The molecule has 1 N–H and O–H groups in total. The standard InChI is InChI=1S/C22H23FN4O2/c1-26-8-7-14(9-20(26)28)12-24-22(29)18-10-16(15-3-5-17(23)6-4-15)11-19-21(18)27(2)13-25-19/h3-6,10-11,13-14H,7-9,12H2,1-2H3,(H,24,29). The van der Waals surface area contributed by atoms with Gasteiger partial charge in [0, 0.05) is 33.6 Å². The molecule has 0 spiro atoms. The second-order valence-electron chi connectivity index (χ2n) is 7.64. The normalized spacial score (nSPS) is 17.0. The molecule has 4 rings (SSSR count). The van der Waals surface area contributed by atoms with Gasteiger partial charge < -0.3 is 14.8 Å². The predicted octanol–water partition coefficient (Wildman–Crippen LogP) is 2.98. The fourth-order valence-corrected chi connectivity index (χ4v) is 3.79. The molecule has 2 aromatic carbocycles. The van der Waals surface area contributed by atoms with Crippen LogP contribution in [0.15, 0.2) is 42.7 Å². The second kappa shape index (κ2) is 7.66. The second-order valence-corrected chi connectivity index (χ2v) is 7.64. The van der Waals surface area contributed by atoms with E-state index in [1.54, 1.807) is 30.4 Å². The molecule has 29 heavy (non-hydrogen) atoms. The van der Waals surface area contributed by atoms with Crippen molar-refractivity contribution in [2.45, 2.75) is 12.8 Å². The van der Waals surface area contributed by atoms with E-state index < -0.39 is 0 Å². The van der Waals surface area contributed by atoms with Crippen LogP contribution in [-0.2, 0) is 11.8 Å². The molecule has 0 saturated carbocycles. The SMILES string of the molecule is CN1CCC(CNC(=O)c2cc(-c3ccc(F)cc3)cc3ncn(C)c23)CC1=O. The summed E-state index contributed by atoms with van der Waals surface area (Å²) in [7, 11) is 3.65. The molecule has 0 radical (unpaired) electrons. The lowest BCUT2D eigenvalue weighted by atomic mass is 9.96. The van der Waals surface area contributed by atoms with E-state index in [1.165, 1.54) is 12.1 Å². The Labute approximate surface area is 168 Å². The molecule has 150 valence electrons. The highest BCUT2D eigenvalue weighted by atomic mass is 19.1. The van der Waals surface area contributed by atoms with Gasteiger partial charge in [0.2, 0.25) is 5.91 Å². The number of hydrogen-bond acceptors (Lipinski definition) is 3. The van der Waals surface area contributed by atoms with Crippen molar-refractivity contribution in [3.05, 3.63) is 54.1 Å². The lowest BCUT2D eigenvalue weighted by Crippen LogP contribution is -2.40. The zero-order valence-electron chi connectivity index (χ0n) is 16.5. The highest BCUT2D eigenvalue weighted by molar-refractivity contribution is 6.06. The number of carbonyl (C=O) groups excluding carboxylic acids is 2. The summed E-state index contributed by atoms with van der Waals surface area (Å²) in [4.78, 5) is 31.0. The van der Waals surface area contributed by atoms with Crippen LogP contribution >= 0.6 is 0 Å². The molecule has 1 fully saturated rings. The number of rotatable bonds is 4. The number of nitrogens with one attached hydrogen (secondary N) is 1. The maximum Gasteiger partial charge on any atom is 0.253 e. The number of halogens is 1. The van der Waals surface area contributed by atoms with Crippen molar-refractivity contribution in [2.24, 2.45) is 13.0 Å². The summed E-state index contributed by atoms with van der Waals surface area (Å²) < 4.78 is 15.1. The van der Waals surface area contributed by atoms with Gasteiger partial charge in [0.15, 0.2) is 0 Å². The maximum absolute atomic E-state index is 13.3. The number of aromatic nitrogens is 2. The summed E-state index contributed by atoms with van der Waals surface area (Å²) in [5, 5.41) is 2.99. The van der Waals surface area contributed by atoms with Gasteiger partial charge in [-0.05, 0) is 47.7 Å². The third-order valence-corrected chi connectivity index (χ3v) is 5.55. The zero-order chi connectivity index (χ0) is 20.5. The van der Waals surface area contributed by atoms with Crippen LogP contribution in [0.5, 0.6) is 0 Å². The third-order valence-electron chi connectivity index (χ3n) is 5.55. The van der Waals surface area contributed by atoms with E-state index >= 15 is 0 Å². The van der Waals surface area contributed by atoms with Gasteiger partial charge >= 0.3 is 0 Å². The lowest BCUT2D eigenvalue weighted by molar-refractivity contribution is -0.133. The molecule has 7 heteroatoms. The van der Waals surface area contributed by atoms with Crippen molar-refractivity contribution in [2.75, 3.05) is 20.1 Å². The highest BCUT2D eigenvalue weighted by Gasteiger charge is 2.24. The van der Waals surface area contributed by atoms with Crippen LogP contribution in [0.1, 0.15) is 23.2 Å². The van der Waals surface area contributed by atoms with E-state index in [0.29, 0.717) is 30.6 Å². The smallest absolute Gasteiger partial charge is 0.253 e. The molecule has 1 aliphatic heterocycles. The average Bonchev–Trinajstić information content (AvgIpc) is 3.09. The van der Waals surface area contributed by atoms with Crippen LogP contribution in [0.4, 0.5) is 4.39 Å². The van der Waals surface area contributed by atoms with Gasteiger partial charge in [-0.25, -0.2) is 9.37 Å². The van der Waals surface area contributed by atoms with Crippen LogP contribution in [0.2, 0.25) is 0 Å². The van der Waals surface area contributed by atoms with Crippen LogP contribution in [0, 0.1) is 11.7 Å². The molecule has 2 amide bonds. The summed E-state index contributed by atoms with van der Waals surface area (Å²) in [5.74, 6) is -0.250. The minimum absolute atomic E-state index is 0.114. The van der Waals surface area contributed by atoms with Gasteiger partial charge in [0.1, 0.15) is 5.82 Å². The number of likely N-dealkylation sites (tertiary alicyclic amines) is 1. The Hall–Kier alpha value is -3.22. The van der Waals surface area contributed by atoms with Crippen molar-refractivity contribution >= 4 is 22.8 Å². The monoisotopic (exact) mass is 394 g/mol. The first-order chi connectivity index (χ1) is 13.9. The topological polar surface area (TPSA) is 67.2 Å². The maximum atomic E-state index is 13.3. The summed E-state index contributed by atoms with van der Waals surface area (Å²) in [6.07, 6.45) is 3.00. The van der Waals surface area contributed by atoms with Gasteiger partial charge in [-0.2, -0.15) is 0 Å². The minimum atomic E-state index is -0.307. The van der Waals surface area contributed by atoms with Gasteiger partial charge in [0.05, 0.1) is 22.9 Å². The van der Waals surface area contributed by atoms with Gasteiger partial charge in [0.25, 0.3) is 5.91 Å². The van der Waals surface area contributed by atoms with Crippen molar-refractivity contribution in [1.29, 1.82) is 0 Å². The largest absolute Gasteiger partial charge is 0.352 e. The van der Waals surface area contributed by atoms with Crippen molar-refractivity contribution < 1.29 is 14.0 Å². The van der Waals surface area contributed by atoms with E-state index in [4.69, 9.17) is 0 Å². The first-order valence-corrected chi connectivity index (χ1v) is 9.65. The van der Waals surface area contributed by atoms with Crippen LogP contribution in [0.3, 0.4) is 0 Å². The summed E-state index contributed by atoms with van der Waals surface area (Å²) in [5.41, 5.74) is 3.58. The first-order valence-electron chi connectivity index (χ1n) is 9.65. The summed E-state index contributed by atoms with van der Waals surface area (Å²) >= 11 is 0. The quantitative estimate of drug-likeness (QED) is 0.740. The lowest BCUT2D eigenvalue weighted by Gasteiger charge is -2.28. The summed E-state index contributed by atoms with van der Waals surface area (Å²) in [6, 6.07) is 9.88. The highest BCUT2D eigenvalue weighted by Crippen LogP contribution is 2.27. The predicted molar refractivity (Wildman–Crippen MR) is 109 cm³/mol. The van der Waals surface area contributed by atoms with E-state index in [-0.39, 0.29) is 23.5 Å². The number of fused-ring (bicyclic) bond motifs is 1. The molecule has 3 aromatic rings. The van der Waals surface area contributed by atoms with Gasteiger partial charge in [-0.3, -0.25) is 9.59 Å². The van der Waals surface area contributed by atoms with Crippen molar-refractivity contribution in [3.8, 4) is 11.1 Å². The Balaban J connectivity index is 1.61. The first kappa shape index (κ1) is 19.1. The molecular weight excluding hydrogens is 371 g/mol. The third kappa shape index (κ3) is 3.85. The molecular formula is C22H23FN4O2. The molecule has 1 saturated heterocycles. The van der Waals surface area contributed by atoms with Crippen molar-refractivity contribution in [3.63, 3.8) is 0 Å². The number of amides is 2. The van der Waals surface area contributed by atoms with E-state index in [1.807, 2.05) is 23.7 Å². The number of aryl methyl sites for hydroxylation is 1. The Morgan fingerprint density at radius 3 is 2.69 bits per heavy atom. The van der Waals surface area contributed by atoms with Crippen molar-refractivity contribution in [1.82, 2.24) is 19.8 Å². The Morgan fingerprint density at radius 1 is 1.21 bits per heavy atom. The molecule has 2 heterocycles. The van der Waals surface area contributed by atoms with Gasteiger partial charge in [-0.15, -0.1) is 0 Å². The Bertz CT molecular complexity index is 1070. The van der Waals surface area contributed by atoms with E-state index in [2.05, 4.69) is 10.3 Å². The molecule has 1 aliphatic rings. The zero-order valence-corrected chi connectivity index (χ0v) is 16.5. The van der Waals surface area contributed by atoms with E-state index in [9.17, 15) is 14.0 Å².